The molecule has 0 spiro atoms. The third-order valence-corrected chi connectivity index (χ3v) is 5.04. The van der Waals surface area contributed by atoms with E-state index >= 15 is 0 Å². The Morgan fingerprint density at radius 3 is 2.75 bits per heavy atom. The predicted molar refractivity (Wildman–Crippen MR) is 108 cm³/mol. The monoisotopic (exact) mass is 383 g/mol. The van der Waals surface area contributed by atoms with Crippen molar-refractivity contribution in [1.82, 2.24) is 14.8 Å². The second-order valence-electron chi connectivity index (χ2n) is 7.59. The maximum atomic E-state index is 13.0. The molecule has 1 aliphatic rings. The quantitative estimate of drug-likeness (QED) is 0.799. The number of carbonyl (C=O) groups is 2. The summed E-state index contributed by atoms with van der Waals surface area (Å²) in [6.07, 6.45) is 2.47. The average molecular weight is 383 g/mol. The molecule has 1 aromatic heterocycles. The molecule has 28 heavy (non-hydrogen) atoms. The van der Waals surface area contributed by atoms with Gasteiger partial charge < -0.3 is 19.5 Å². The van der Waals surface area contributed by atoms with Crippen molar-refractivity contribution in [2.45, 2.75) is 39.3 Å². The van der Waals surface area contributed by atoms with Crippen LogP contribution in [0.15, 0.2) is 42.6 Å². The zero-order valence-electron chi connectivity index (χ0n) is 16.9. The summed E-state index contributed by atoms with van der Waals surface area (Å²) in [5, 5.41) is 2.88. The summed E-state index contributed by atoms with van der Waals surface area (Å²) in [7, 11) is 1.64. The number of hydrogen-bond acceptors (Lipinski definition) is 3. The molecule has 0 saturated carbocycles. The van der Waals surface area contributed by atoms with Crippen LogP contribution in [0.5, 0.6) is 5.75 Å². The van der Waals surface area contributed by atoms with E-state index in [-0.39, 0.29) is 30.7 Å². The van der Waals surface area contributed by atoms with Crippen molar-refractivity contribution in [2.24, 2.45) is 5.92 Å². The van der Waals surface area contributed by atoms with Crippen molar-refractivity contribution in [3.8, 4) is 5.75 Å². The summed E-state index contributed by atoms with van der Waals surface area (Å²) in [6.45, 7) is 6.11. The van der Waals surface area contributed by atoms with E-state index < -0.39 is 0 Å². The first-order chi connectivity index (χ1) is 13.5. The van der Waals surface area contributed by atoms with Crippen molar-refractivity contribution in [3.63, 3.8) is 0 Å². The largest absolute Gasteiger partial charge is 0.497 e. The molecule has 2 heterocycles. The number of methoxy groups -OCH3 is 1. The maximum Gasteiger partial charge on any atom is 0.223 e. The highest BCUT2D eigenvalue weighted by Crippen LogP contribution is 2.34. The van der Waals surface area contributed by atoms with E-state index in [1.54, 1.807) is 7.11 Å². The van der Waals surface area contributed by atoms with Crippen LogP contribution < -0.4 is 10.1 Å². The SMILES string of the molecule is COc1cccc([C@H]2c3cccn3CCN2C(=O)CCC(=O)NCC(C)C)c1. The molecule has 3 rings (SSSR count). The lowest BCUT2D eigenvalue weighted by Gasteiger charge is -2.37. The van der Waals surface area contributed by atoms with Crippen LogP contribution in [0, 0.1) is 5.92 Å². The van der Waals surface area contributed by atoms with Crippen LogP contribution >= 0.6 is 0 Å². The minimum absolute atomic E-state index is 0.0000307. The zero-order chi connectivity index (χ0) is 20.1. The molecule has 1 atom stereocenters. The fraction of sp³-hybridized carbons (Fsp3) is 0.455. The Balaban J connectivity index is 1.77. The summed E-state index contributed by atoms with van der Waals surface area (Å²) >= 11 is 0. The fourth-order valence-corrected chi connectivity index (χ4v) is 3.58. The Kier molecular flexibility index (Phi) is 6.39. The van der Waals surface area contributed by atoms with Crippen molar-refractivity contribution in [3.05, 3.63) is 53.9 Å². The highest BCUT2D eigenvalue weighted by atomic mass is 16.5. The molecule has 2 amide bonds. The Hall–Kier alpha value is -2.76. The number of benzene rings is 1. The van der Waals surface area contributed by atoms with Crippen molar-refractivity contribution >= 4 is 11.8 Å². The number of nitrogens with one attached hydrogen (secondary N) is 1. The van der Waals surface area contributed by atoms with Crippen molar-refractivity contribution < 1.29 is 14.3 Å². The minimum atomic E-state index is -0.176. The first-order valence-electron chi connectivity index (χ1n) is 9.84. The highest BCUT2D eigenvalue weighted by Gasteiger charge is 2.32. The molecule has 1 N–H and O–H groups in total. The topological polar surface area (TPSA) is 63.6 Å². The summed E-state index contributed by atoms with van der Waals surface area (Å²) in [4.78, 5) is 26.9. The average Bonchev–Trinajstić information content (AvgIpc) is 3.18. The second kappa shape index (κ2) is 8.95. The van der Waals surface area contributed by atoms with Crippen LogP contribution in [-0.2, 0) is 16.1 Å². The molecular formula is C22H29N3O3. The number of aromatic nitrogens is 1. The Bertz CT molecular complexity index is 828. The highest BCUT2D eigenvalue weighted by molar-refractivity contribution is 5.84. The van der Waals surface area contributed by atoms with Crippen LogP contribution in [-0.4, -0.2) is 41.5 Å². The number of nitrogens with zero attached hydrogens (tertiary/aromatic N) is 2. The smallest absolute Gasteiger partial charge is 0.223 e. The molecule has 1 aliphatic heterocycles. The van der Waals surface area contributed by atoms with Crippen molar-refractivity contribution in [1.29, 1.82) is 0 Å². The van der Waals surface area contributed by atoms with Crippen molar-refractivity contribution in [2.75, 3.05) is 20.2 Å². The van der Waals surface area contributed by atoms with Crippen LogP contribution in [0.4, 0.5) is 0 Å². The molecule has 0 fully saturated rings. The zero-order valence-corrected chi connectivity index (χ0v) is 16.9. The van der Waals surface area contributed by atoms with E-state index in [1.807, 2.05) is 55.3 Å². The van der Waals surface area contributed by atoms with Crippen LogP contribution in [0.1, 0.15) is 44.0 Å². The van der Waals surface area contributed by atoms with Crippen LogP contribution in [0.25, 0.3) is 0 Å². The lowest BCUT2D eigenvalue weighted by atomic mass is 9.99. The number of carbonyl (C=O) groups excluding carboxylic acids is 2. The second-order valence-corrected chi connectivity index (χ2v) is 7.59. The number of rotatable bonds is 7. The van der Waals surface area contributed by atoms with E-state index in [4.69, 9.17) is 4.74 Å². The van der Waals surface area contributed by atoms with E-state index in [0.717, 1.165) is 23.6 Å². The summed E-state index contributed by atoms with van der Waals surface area (Å²) in [5.41, 5.74) is 2.09. The predicted octanol–water partition coefficient (Wildman–Crippen LogP) is 2.98. The van der Waals surface area contributed by atoms with Gasteiger partial charge in [-0.15, -0.1) is 0 Å². The standard InChI is InChI=1S/C22H29N3O3/c1-16(2)15-23-20(26)9-10-21(27)25-13-12-24-11-5-8-19(24)22(25)17-6-4-7-18(14-17)28-3/h4-8,11,14,16,22H,9-10,12-13,15H2,1-3H3,(H,23,26)/t22-/m0/s1. The first kappa shape index (κ1) is 20.0. The summed E-state index contributed by atoms with van der Waals surface area (Å²) in [5.74, 6) is 1.09. The van der Waals surface area contributed by atoms with Gasteiger partial charge in [-0.05, 0) is 35.7 Å². The van der Waals surface area contributed by atoms with Gasteiger partial charge in [0.15, 0.2) is 0 Å². The molecule has 6 nitrogen and oxygen atoms in total. The summed E-state index contributed by atoms with van der Waals surface area (Å²) < 4.78 is 7.56. The Morgan fingerprint density at radius 1 is 1.18 bits per heavy atom. The van der Waals surface area contributed by atoms with E-state index in [1.165, 1.54) is 0 Å². The summed E-state index contributed by atoms with van der Waals surface area (Å²) in [6, 6.07) is 11.7. The molecule has 6 heteroatoms. The fourth-order valence-electron chi connectivity index (χ4n) is 3.58. The van der Waals surface area contributed by atoms with Gasteiger partial charge in [0.2, 0.25) is 11.8 Å². The third-order valence-electron chi connectivity index (χ3n) is 5.04. The van der Waals surface area contributed by atoms with Gasteiger partial charge in [0.25, 0.3) is 0 Å². The molecule has 0 radical (unpaired) electrons. The van der Waals surface area contributed by atoms with E-state index in [0.29, 0.717) is 19.0 Å². The molecule has 2 aromatic rings. The van der Waals surface area contributed by atoms with Crippen LogP contribution in [0.2, 0.25) is 0 Å². The molecule has 0 unspecified atom stereocenters. The Labute approximate surface area is 166 Å². The molecular weight excluding hydrogens is 354 g/mol. The van der Waals surface area contributed by atoms with Crippen LogP contribution in [0.3, 0.4) is 0 Å². The minimum Gasteiger partial charge on any atom is -0.497 e. The number of fused-ring (bicyclic) bond motifs is 1. The van der Waals surface area contributed by atoms with Gasteiger partial charge in [-0.1, -0.05) is 26.0 Å². The van der Waals surface area contributed by atoms with Gasteiger partial charge in [0, 0.05) is 44.4 Å². The number of amides is 2. The van der Waals surface area contributed by atoms with E-state index in [2.05, 4.69) is 16.0 Å². The number of hydrogen-bond donors (Lipinski definition) is 1. The molecule has 0 bridgehead atoms. The van der Waals surface area contributed by atoms with Gasteiger partial charge in [-0.3, -0.25) is 9.59 Å². The van der Waals surface area contributed by atoms with Gasteiger partial charge >= 0.3 is 0 Å². The molecule has 0 aliphatic carbocycles. The van der Waals surface area contributed by atoms with Gasteiger partial charge in [0.1, 0.15) is 5.75 Å². The van der Waals surface area contributed by atoms with Gasteiger partial charge in [-0.2, -0.15) is 0 Å². The van der Waals surface area contributed by atoms with Gasteiger partial charge in [0.05, 0.1) is 13.2 Å². The van der Waals surface area contributed by atoms with Gasteiger partial charge in [-0.25, -0.2) is 0 Å². The molecule has 0 saturated heterocycles. The first-order valence-corrected chi connectivity index (χ1v) is 9.84. The lowest BCUT2D eigenvalue weighted by molar-refractivity contribution is -0.136. The lowest BCUT2D eigenvalue weighted by Crippen LogP contribution is -2.42. The normalized spacial score (nSPS) is 16.0. The molecule has 150 valence electrons. The maximum absolute atomic E-state index is 13.0. The molecule has 1 aromatic carbocycles. The van der Waals surface area contributed by atoms with E-state index in [9.17, 15) is 9.59 Å². The Morgan fingerprint density at radius 2 is 2.00 bits per heavy atom. The third kappa shape index (κ3) is 4.55. The number of ether oxygens (including phenoxy) is 1.